The van der Waals surface area contributed by atoms with Gasteiger partial charge in [0.15, 0.2) is 0 Å². The first-order valence-corrected chi connectivity index (χ1v) is 8.55. The molecule has 0 heterocycles. The van der Waals surface area contributed by atoms with E-state index in [2.05, 4.69) is 11.4 Å². The van der Waals surface area contributed by atoms with E-state index in [4.69, 9.17) is 11.6 Å². The lowest BCUT2D eigenvalue weighted by Gasteiger charge is -2.16. The number of aryl methyl sites for hydroxylation is 2. The standard InChI is InChI=1S/C18H20ClNOS/c1-4-17(22-15-8-6-14(19)7-9-15)18(21)20-16-10-5-12(2)11-13(16)3/h5-11,17H,4H2,1-3H3,(H,20,21). The van der Waals surface area contributed by atoms with Crippen LogP contribution in [0.4, 0.5) is 5.69 Å². The van der Waals surface area contributed by atoms with Crippen molar-refractivity contribution in [1.29, 1.82) is 0 Å². The Morgan fingerprint density at radius 2 is 1.86 bits per heavy atom. The predicted molar refractivity (Wildman–Crippen MR) is 95.9 cm³/mol. The second kappa shape index (κ2) is 7.70. The molecule has 0 aromatic heterocycles. The van der Waals surface area contributed by atoms with Crippen LogP contribution in [0, 0.1) is 13.8 Å². The highest BCUT2D eigenvalue weighted by molar-refractivity contribution is 8.00. The summed E-state index contributed by atoms with van der Waals surface area (Å²) in [4.78, 5) is 13.5. The number of benzene rings is 2. The van der Waals surface area contributed by atoms with Gasteiger partial charge in [0.2, 0.25) is 5.91 Å². The van der Waals surface area contributed by atoms with E-state index in [1.807, 2.05) is 57.2 Å². The molecule has 4 heteroatoms. The lowest BCUT2D eigenvalue weighted by Crippen LogP contribution is -2.24. The Hall–Kier alpha value is -1.45. The fourth-order valence-corrected chi connectivity index (χ4v) is 3.25. The van der Waals surface area contributed by atoms with Gasteiger partial charge in [-0.2, -0.15) is 0 Å². The van der Waals surface area contributed by atoms with Gasteiger partial charge >= 0.3 is 0 Å². The van der Waals surface area contributed by atoms with E-state index in [-0.39, 0.29) is 11.2 Å². The molecule has 2 nitrogen and oxygen atoms in total. The van der Waals surface area contributed by atoms with Crippen molar-refractivity contribution in [2.75, 3.05) is 5.32 Å². The molecule has 1 atom stereocenters. The molecule has 0 saturated heterocycles. The number of carbonyl (C=O) groups excluding carboxylic acids is 1. The number of thioether (sulfide) groups is 1. The minimum atomic E-state index is -0.123. The van der Waals surface area contributed by atoms with Crippen molar-refractivity contribution in [3.8, 4) is 0 Å². The number of nitrogens with one attached hydrogen (secondary N) is 1. The molecule has 2 aromatic carbocycles. The summed E-state index contributed by atoms with van der Waals surface area (Å²) in [5.74, 6) is 0.0365. The zero-order valence-electron chi connectivity index (χ0n) is 13.0. The average Bonchev–Trinajstić information content (AvgIpc) is 2.49. The number of rotatable bonds is 5. The summed E-state index contributed by atoms with van der Waals surface area (Å²) in [6.45, 7) is 6.08. The summed E-state index contributed by atoms with van der Waals surface area (Å²) in [6, 6.07) is 13.6. The molecule has 116 valence electrons. The van der Waals surface area contributed by atoms with Gasteiger partial charge in [0.25, 0.3) is 0 Å². The molecular formula is C18H20ClNOS. The third kappa shape index (κ3) is 4.52. The Kier molecular flexibility index (Phi) is 5.92. The topological polar surface area (TPSA) is 29.1 Å². The van der Waals surface area contributed by atoms with Crippen molar-refractivity contribution in [2.45, 2.75) is 37.3 Å². The van der Waals surface area contributed by atoms with E-state index < -0.39 is 0 Å². The van der Waals surface area contributed by atoms with Crippen LogP contribution in [0.2, 0.25) is 5.02 Å². The molecule has 0 saturated carbocycles. The summed E-state index contributed by atoms with van der Waals surface area (Å²) in [5, 5.41) is 3.62. The van der Waals surface area contributed by atoms with Gasteiger partial charge in [-0.3, -0.25) is 4.79 Å². The van der Waals surface area contributed by atoms with Crippen LogP contribution in [0.25, 0.3) is 0 Å². The van der Waals surface area contributed by atoms with E-state index in [1.54, 1.807) is 11.8 Å². The predicted octanol–water partition coefficient (Wildman–Crippen LogP) is 5.47. The van der Waals surface area contributed by atoms with Crippen LogP contribution in [0.15, 0.2) is 47.4 Å². The molecule has 1 N–H and O–H groups in total. The molecule has 2 rings (SSSR count). The van der Waals surface area contributed by atoms with E-state index in [0.29, 0.717) is 5.02 Å². The summed E-state index contributed by atoms with van der Waals surface area (Å²) in [7, 11) is 0. The van der Waals surface area contributed by atoms with Crippen molar-refractivity contribution in [1.82, 2.24) is 0 Å². The Morgan fingerprint density at radius 1 is 1.18 bits per heavy atom. The Bertz CT molecular complexity index is 655. The summed E-state index contributed by atoms with van der Waals surface area (Å²) in [5.41, 5.74) is 3.16. The molecule has 0 aliphatic heterocycles. The molecule has 0 fully saturated rings. The smallest absolute Gasteiger partial charge is 0.237 e. The van der Waals surface area contributed by atoms with Crippen LogP contribution in [0.5, 0.6) is 0 Å². The van der Waals surface area contributed by atoms with Crippen molar-refractivity contribution in [2.24, 2.45) is 0 Å². The van der Waals surface area contributed by atoms with Gasteiger partial charge in [0.1, 0.15) is 0 Å². The summed E-state index contributed by atoms with van der Waals surface area (Å²) < 4.78 is 0. The Balaban J connectivity index is 2.06. The lowest BCUT2D eigenvalue weighted by molar-refractivity contribution is -0.115. The van der Waals surface area contributed by atoms with Crippen LogP contribution in [-0.4, -0.2) is 11.2 Å². The Labute approximate surface area is 141 Å². The number of hydrogen-bond acceptors (Lipinski definition) is 2. The van der Waals surface area contributed by atoms with Crippen molar-refractivity contribution >= 4 is 35.0 Å². The maximum Gasteiger partial charge on any atom is 0.237 e. The van der Waals surface area contributed by atoms with Crippen LogP contribution in [-0.2, 0) is 4.79 Å². The zero-order chi connectivity index (χ0) is 16.1. The fraction of sp³-hybridized carbons (Fsp3) is 0.278. The van der Waals surface area contributed by atoms with E-state index >= 15 is 0 Å². The number of halogens is 1. The van der Waals surface area contributed by atoms with Gasteiger partial charge in [0, 0.05) is 15.6 Å². The molecule has 0 aliphatic carbocycles. The largest absolute Gasteiger partial charge is 0.325 e. The number of anilines is 1. The highest BCUT2D eigenvalue weighted by atomic mass is 35.5. The molecule has 0 radical (unpaired) electrons. The first-order valence-electron chi connectivity index (χ1n) is 7.30. The third-order valence-electron chi connectivity index (χ3n) is 3.39. The van der Waals surface area contributed by atoms with Gasteiger partial charge in [-0.1, -0.05) is 36.2 Å². The molecule has 0 spiro atoms. The normalized spacial score (nSPS) is 12.0. The maximum absolute atomic E-state index is 12.5. The van der Waals surface area contributed by atoms with Crippen molar-refractivity contribution in [3.63, 3.8) is 0 Å². The number of amides is 1. The van der Waals surface area contributed by atoms with E-state index in [1.165, 1.54) is 5.56 Å². The molecule has 22 heavy (non-hydrogen) atoms. The van der Waals surface area contributed by atoms with Crippen LogP contribution in [0.1, 0.15) is 24.5 Å². The molecular weight excluding hydrogens is 314 g/mol. The van der Waals surface area contributed by atoms with Crippen molar-refractivity contribution < 1.29 is 4.79 Å². The van der Waals surface area contributed by atoms with Gasteiger partial charge in [-0.15, -0.1) is 11.8 Å². The van der Waals surface area contributed by atoms with Crippen molar-refractivity contribution in [3.05, 3.63) is 58.6 Å². The molecule has 1 amide bonds. The fourth-order valence-electron chi connectivity index (χ4n) is 2.17. The van der Waals surface area contributed by atoms with E-state index in [0.717, 1.165) is 22.6 Å². The van der Waals surface area contributed by atoms with Gasteiger partial charge in [0.05, 0.1) is 5.25 Å². The summed E-state index contributed by atoms with van der Waals surface area (Å²) >= 11 is 7.46. The third-order valence-corrected chi connectivity index (χ3v) is 5.02. The molecule has 1 unspecified atom stereocenters. The second-order valence-electron chi connectivity index (χ2n) is 5.28. The zero-order valence-corrected chi connectivity index (χ0v) is 14.6. The maximum atomic E-state index is 12.5. The van der Waals surface area contributed by atoms with Crippen LogP contribution >= 0.6 is 23.4 Å². The average molecular weight is 334 g/mol. The highest BCUT2D eigenvalue weighted by Crippen LogP contribution is 2.28. The SMILES string of the molecule is CCC(Sc1ccc(Cl)cc1)C(=O)Nc1ccc(C)cc1C. The van der Waals surface area contributed by atoms with Gasteiger partial charge in [-0.25, -0.2) is 0 Å². The minimum Gasteiger partial charge on any atom is -0.325 e. The van der Waals surface area contributed by atoms with Crippen LogP contribution in [0.3, 0.4) is 0 Å². The number of carbonyl (C=O) groups is 1. The molecule has 0 aliphatic rings. The highest BCUT2D eigenvalue weighted by Gasteiger charge is 2.18. The van der Waals surface area contributed by atoms with E-state index in [9.17, 15) is 4.79 Å². The first-order chi connectivity index (χ1) is 10.5. The number of hydrogen-bond donors (Lipinski definition) is 1. The molecule has 0 bridgehead atoms. The molecule has 2 aromatic rings. The monoisotopic (exact) mass is 333 g/mol. The quantitative estimate of drug-likeness (QED) is 0.735. The minimum absolute atomic E-state index is 0.0365. The Morgan fingerprint density at radius 3 is 2.45 bits per heavy atom. The lowest BCUT2D eigenvalue weighted by atomic mass is 10.1. The summed E-state index contributed by atoms with van der Waals surface area (Å²) in [6.07, 6.45) is 0.768. The van der Waals surface area contributed by atoms with Gasteiger partial charge < -0.3 is 5.32 Å². The second-order valence-corrected chi connectivity index (χ2v) is 6.99. The van der Waals surface area contributed by atoms with Gasteiger partial charge in [-0.05, 0) is 56.2 Å². The van der Waals surface area contributed by atoms with Crippen LogP contribution < -0.4 is 5.32 Å². The first kappa shape index (κ1) is 16.9.